The molecule has 1 aromatic rings. The van der Waals surface area contributed by atoms with Crippen LogP contribution in [0.3, 0.4) is 0 Å². The van der Waals surface area contributed by atoms with Crippen molar-refractivity contribution in [1.82, 2.24) is 9.55 Å². The van der Waals surface area contributed by atoms with Gasteiger partial charge < -0.3 is 10.3 Å². The van der Waals surface area contributed by atoms with E-state index in [1.165, 1.54) is 49.3 Å². The molecule has 3 nitrogen and oxygen atoms in total. The summed E-state index contributed by atoms with van der Waals surface area (Å²) in [5.41, 5.74) is 8.82. The molecule has 96 valence electrons. The SMILES string of the molecule is CCC(N)CCCn1c(C)nc2c1CCCC2. The van der Waals surface area contributed by atoms with Gasteiger partial charge in [-0.1, -0.05) is 6.92 Å². The Morgan fingerprint density at radius 3 is 2.88 bits per heavy atom. The van der Waals surface area contributed by atoms with Gasteiger partial charge in [-0.3, -0.25) is 0 Å². The Kier molecular flexibility index (Phi) is 4.21. The zero-order chi connectivity index (χ0) is 12.3. The highest BCUT2D eigenvalue weighted by Gasteiger charge is 2.17. The van der Waals surface area contributed by atoms with Crippen LogP contribution >= 0.6 is 0 Å². The van der Waals surface area contributed by atoms with Gasteiger partial charge >= 0.3 is 0 Å². The van der Waals surface area contributed by atoms with Gasteiger partial charge in [-0.05, 0) is 51.9 Å². The minimum absolute atomic E-state index is 0.370. The van der Waals surface area contributed by atoms with Gasteiger partial charge in [0.15, 0.2) is 0 Å². The van der Waals surface area contributed by atoms with Gasteiger partial charge in [0.05, 0.1) is 5.69 Å². The molecule has 3 heteroatoms. The predicted molar refractivity (Wildman–Crippen MR) is 71.1 cm³/mol. The summed E-state index contributed by atoms with van der Waals surface area (Å²) < 4.78 is 2.43. The minimum Gasteiger partial charge on any atom is -0.332 e. The average Bonchev–Trinajstić information content (AvgIpc) is 2.66. The molecular weight excluding hydrogens is 210 g/mol. The highest BCUT2D eigenvalue weighted by molar-refractivity contribution is 5.19. The number of nitrogens with two attached hydrogens (primary N) is 1. The Labute approximate surface area is 104 Å². The quantitative estimate of drug-likeness (QED) is 0.852. The zero-order valence-electron chi connectivity index (χ0n) is 11.2. The van der Waals surface area contributed by atoms with Crippen LogP contribution < -0.4 is 5.73 Å². The molecule has 0 saturated heterocycles. The predicted octanol–water partition coefficient (Wildman–Crippen LogP) is 2.59. The molecule has 0 spiro atoms. The monoisotopic (exact) mass is 235 g/mol. The van der Waals surface area contributed by atoms with Crippen molar-refractivity contribution in [3.8, 4) is 0 Å². The van der Waals surface area contributed by atoms with Crippen molar-refractivity contribution in [3.05, 3.63) is 17.2 Å². The number of aromatic nitrogens is 2. The van der Waals surface area contributed by atoms with E-state index in [-0.39, 0.29) is 0 Å². The molecule has 0 aromatic carbocycles. The topological polar surface area (TPSA) is 43.8 Å². The van der Waals surface area contributed by atoms with Gasteiger partial charge in [-0.15, -0.1) is 0 Å². The van der Waals surface area contributed by atoms with Crippen molar-refractivity contribution in [1.29, 1.82) is 0 Å². The minimum atomic E-state index is 0.370. The third-order valence-electron chi connectivity index (χ3n) is 3.90. The van der Waals surface area contributed by atoms with Crippen molar-refractivity contribution in [3.63, 3.8) is 0 Å². The lowest BCUT2D eigenvalue weighted by atomic mass is 10.0. The fourth-order valence-corrected chi connectivity index (χ4v) is 2.75. The van der Waals surface area contributed by atoms with E-state index in [9.17, 15) is 0 Å². The zero-order valence-corrected chi connectivity index (χ0v) is 11.2. The first-order valence-electron chi connectivity index (χ1n) is 7.02. The lowest BCUT2D eigenvalue weighted by molar-refractivity contribution is 0.506. The number of imidazole rings is 1. The van der Waals surface area contributed by atoms with E-state index in [1.807, 2.05) is 0 Å². The fraction of sp³-hybridized carbons (Fsp3) is 0.786. The van der Waals surface area contributed by atoms with E-state index < -0.39 is 0 Å². The maximum Gasteiger partial charge on any atom is 0.106 e. The lowest BCUT2D eigenvalue weighted by Crippen LogP contribution is -2.19. The molecule has 1 aromatic heterocycles. The first-order valence-corrected chi connectivity index (χ1v) is 7.02. The molecular formula is C14H25N3. The van der Waals surface area contributed by atoms with Gasteiger partial charge in [0.2, 0.25) is 0 Å². The van der Waals surface area contributed by atoms with E-state index in [0.717, 1.165) is 19.4 Å². The van der Waals surface area contributed by atoms with Gasteiger partial charge in [0.1, 0.15) is 5.82 Å². The maximum absolute atomic E-state index is 5.96. The van der Waals surface area contributed by atoms with Crippen LogP contribution in [0.5, 0.6) is 0 Å². The normalized spacial score (nSPS) is 16.9. The van der Waals surface area contributed by atoms with Crippen molar-refractivity contribution in [2.45, 2.75) is 71.4 Å². The maximum atomic E-state index is 5.96. The second kappa shape index (κ2) is 5.67. The summed E-state index contributed by atoms with van der Waals surface area (Å²) >= 11 is 0. The van der Waals surface area contributed by atoms with Crippen molar-refractivity contribution < 1.29 is 0 Å². The van der Waals surface area contributed by atoms with Crippen molar-refractivity contribution >= 4 is 0 Å². The first-order chi connectivity index (χ1) is 8.22. The smallest absolute Gasteiger partial charge is 0.106 e. The molecule has 0 amide bonds. The van der Waals surface area contributed by atoms with Crippen LogP contribution in [0.4, 0.5) is 0 Å². The van der Waals surface area contributed by atoms with Crippen LogP contribution in [0.1, 0.15) is 56.2 Å². The molecule has 17 heavy (non-hydrogen) atoms. The summed E-state index contributed by atoms with van der Waals surface area (Å²) in [4.78, 5) is 4.70. The largest absolute Gasteiger partial charge is 0.332 e. The van der Waals surface area contributed by atoms with Crippen LogP contribution in [0.25, 0.3) is 0 Å². The standard InChI is InChI=1S/C14H25N3/c1-3-12(15)7-6-10-17-11(2)16-13-8-4-5-9-14(13)17/h12H,3-10,15H2,1-2H3. The molecule has 1 unspecified atom stereocenters. The number of hydrogen-bond donors (Lipinski definition) is 1. The highest BCUT2D eigenvalue weighted by Crippen LogP contribution is 2.22. The van der Waals surface area contributed by atoms with E-state index in [0.29, 0.717) is 6.04 Å². The summed E-state index contributed by atoms with van der Waals surface area (Å²) in [6, 6.07) is 0.370. The number of hydrogen-bond acceptors (Lipinski definition) is 2. The summed E-state index contributed by atoms with van der Waals surface area (Å²) in [5.74, 6) is 1.20. The highest BCUT2D eigenvalue weighted by atomic mass is 15.1. The molecule has 0 saturated carbocycles. The third-order valence-corrected chi connectivity index (χ3v) is 3.90. The van der Waals surface area contributed by atoms with Crippen LogP contribution in [0.2, 0.25) is 0 Å². The number of nitrogens with zero attached hydrogens (tertiary/aromatic N) is 2. The lowest BCUT2D eigenvalue weighted by Gasteiger charge is -2.15. The second-order valence-electron chi connectivity index (χ2n) is 5.22. The summed E-state index contributed by atoms with van der Waals surface area (Å²) in [7, 11) is 0. The molecule has 1 aliphatic carbocycles. The third kappa shape index (κ3) is 2.89. The molecule has 0 bridgehead atoms. The molecule has 0 aliphatic heterocycles. The van der Waals surface area contributed by atoms with Crippen molar-refractivity contribution in [2.75, 3.05) is 0 Å². The fourth-order valence-electron chi connectivity index (χ4n) is 2.75. The van der Waals surface area contributed by atoms with Crippen molar-refractivity contribution in [2.24, 2.45) is 5.73 Å². The van der Waals surface area contributed by atoms with Gasteiger partial charge in [0.25, 0.3) is 0 Å². The number of rotatable bonds is 5. The second-order valence-corrected chi connectivity index (χ2v) is 5.22. The molecule has 1 atom stereocenters. The summed E-state index contributed by atoms with van der Waals surface area (Å²) in [6.45, 7) is 5.40. The molecule has 0 radical (unpaired) electrons. The van der Waals surface area contributed by atoms with Gasteiger partial charge in [-0.25, -0.2) is 4.98 Å². The molecule has 2 N–H and O–H groups in total. The Morgan fingerprint density at radius 1 is 1.35 bits per heavy atom. The first kappa shape index (κ1) is 12.6. The number of aryl methyl sites for hydroxylation is 2. The Hall–Kier alpha value is -0.830. The average molecular weight is 235 g/mol. The van der Waals surface area contributed by atoms with Gasteiger partial charge in [0, 0.05) is 18.3 Å². The van der Waals surface area contributed by atoms with Crippen LogP contribution in [-0.4, -0.2) is 15.6 Å². The van der Waals surface area contributed by atoms with E-state index >= 15 is 0 Å². The Morgan fingerprint density at radius 2 is 2.12 bits per heavy atom. The summed E-state index contributed by atoms with van der Waals surface area (Å²) in [6.07, 6.45) is 8.42. The van der Waals surface area contributed by atoms with E-state index in [4.69, 9.17) is 10.7 Å². The molecule has 1 aliphatic rings. The van der Waals surface area contributed by atoms with E-state index in [1.54, 1.807) is 0 Å². The van der Waals surface area contributed by atoms with Crippen LogP contribution in [-0.2, 0) is 19.4 Å². The Bertz CT molecular complexity index is 368. The molecule has 0 fully saturated rings. The van der Waals surface area contributed by atoms with Crippen LogP contribution in [0, 0.1) is 6.92 Å². The Balaban J connectivity index is 1.98. The van der Waals surface area contributed by atoms with E-state index in [2.05, 4.69) is 18.4 Å². The van der Waals surface area contributed by atoms with Crippen LogP contribution in [0.15, 0.2) is 0 Å². The molecule has 2 rings (SSSR count). The molecule has 1 heterocycles. The van der Waals surface area contributed by atoms with Gasteiger partial charge in [-0.2, -0.15) is 0 Å². The summed E-state index contributed by atoms with van der Waals surface area (Å²) in [5, 5.41) is 0. The number of fused-ring (bicyclic) bond motifs is 1.